The molecular formula is C12H16FNO. The Hall–Kier alpha value is -1.09. The van der Waals surface area contributed by atoms with Crippen LogP contribution in [0.1, 0.15) is 25.3 Å². The number of hydrogen-bond donors (Lipinski definition) is 1. The van der Waals surface area contributed by atoms with Crippen molar-refractivity contribution in [2.24, 2.45) is 11.7 Å². The SMILES string of the molecule is CC(CN)C1c2cccc(F)c2OC1C. The molecule has 0 spiro atoms. The maximum Gasteiger partial charge on any atom is 0.165 e. The zero-order chi connectivity index (χ0) is 11.0. The summed E-state index contributed by atoms with van der Waals surface area (Å²) < 4.78 is 19.0. The minimum Gasteiger partial charge on any atom is -0.487 e. The maximum absolute atomic E-state index is 13.4. The molecule has 1 aliphatic rings. The van der Waals surface area contributed by atoms with Crippen molar-refractivity contribution in [3.05, 3.63) is 29.6 Å². The predicted octanol–water partition coefficient (Wildman–Crippen LogP) is 2.29. The number of rotatable bonds is 2. The fourth-order valence-electron chi connectivity index (χ4n) is 2.34. The molecule has 2 rings (SSSR count). The molecule has 3 atom stereocenters. The number of hydrogen-bond acceptors (Lipinski definition) is 2. The monoisotopic (exact) mass is 209 g/mol. The zero-order valence-corrected chi connectivity index (χ0v) is 9.03. The summed E-state index contributed by atoms with van der Waals surface area (Å²) in [6, 6.07) is 5.09. The van der Waals surface area contributed by atoms with Crippen molar-refractivity contribution < 1.29 is 9.13 Å². The molecule has 0 amide bonds. The molecule has 3 unspecified atom stereocenters. The van der Waals surface area contributed by atoms with Crippen LogP contribution in [0.4, 0.5) is 4.39 Å². The van der Waals surface area contributed by atoms with Crippen molar-refractivity contribution in [1.29, 1.82) is 0 Å². The van der Waals surface area contributed by atoms with Gasteiger partial charge >= 0.3 is 0 Å². The van der Waals surface area contributed by atoms with Gasteiger partial charge < -0.3 is 10.5 Å². The van der Waals surface area contributed by atoms with Gasteiger partial charge in [0.15, 0.2) is 11.6 Å². The van der Waals surface area contributed by atoms with Gasteiger partial charge in [-0.1, -0.05) is 19.1 Å². The first-order valence-corrected chi connectivity index (χ1v) is 5.30. The summed E-state index contributed by atoms with van der Waals surface area (Å²) >= 11 is 0. The van der Waals surface area contributed by atoms with Crippen LogP contribution >= 0.6 is 0 Å². The van der Waals surface area contributed by atoms with Gasteiger partial charge in [0.05, 0.1) is 0 Å². The molecule has 0 fully saturated rings. The number of para-hydroxylation sites is 1. The minimum absolute atomic E-state index is 0.00968. The van der Waals surface area contributed by atoms with Crippen LogP contribution in [-0.4, -0.2) is 12.6 Å². The van der Waals surface area contributed by atoms with Crippen LogP contribution in [0, 0.1) is 11.7 Å². The van der Waals surface area contributed by atoms with E-state index in [9.17, 15) is 4.39 Å². The van der Waals surface area contributed by atoms with Crippen LogP contribution in [-0.2, 0) is 0 Å². The number of halogens is 1. The van der Waals surface area contributed by atoms with E-state index in [1.54, 1.807) is 6.07 Å². The second kappa shape index (κ2) is 3.81. The molecule has 1 heterocycles. The minimum atomic E-state index is -0.272. The van der Waals surface area contributed by atoms with Gasteiger partial charge in [0.25, 0.3) is 0 Å². The second-order valence-corrected chi connectivity index (χ2v) is 4.22. The van der Waals surface area contributed by atoms with Crippen LogP contribution in [0.15, 0.2) is 18.2 Å². The predicted molar refractivity (Wildman–Crippen MR) is 57.4 cm³/mol. The van der Waals surface area contributed by atoms with Crippen LogP contribution in [0.25, 0.3) is 0 Å². The quantitative estimate of drug-likeness (QED) is 0.811. The molecule has 0 aliphatic carbocycles. The Labute approximate surface area is 89.2 Å². The zero-order valence-electron chi connectivity index (χ0n) is 9.03. The molecule has 0 saturated heterocycles. The van der Waals surface area contributed by atoms with Crippen LogP contribution in [0.2, 0.25) is 0 Å². The molecule has 82 valence electrons. The van der Waals surface area contributed by atoms with E-state index >= 15 is 0 Å². The van der Waals surface area contributed by atoms with Gasteiger partial charge in [-0.3, -0.25) is 0 Å². The molecule has 0 saturated carbocycles. The molecular weight excluding hydrogens is 193 g/mol. The van der Waals surface area contributed by atoms with Crippen LogP contribution in [0.3, 0.4) is 0 Å². The Morgan fingerprint density at radius 2 is 2.27 bits per heavy atom. The number of benzene rings is 1. The normalized spacial score (nSPS) is 25.9. The lowest BCUT2D eigenvalue weighted by Crippen LogP contribution is -2.25. The van der Waals surface area contributed by atoms with E-state index in [4.69, 9.17) is 10.5 Å². The highest BCUT2D eigenvalue weighted by atomic mass is 19.1. The van der Waals surface area contributed by atoms with Crippen LogP contribution in [0.5, 0.6) is 5.75 Å². The van der Waals surface area contributed by atoms with Gasteiger partial charge in [0, 0.05) is 11.5 Å². The fourth-order valence-corrected chi connectivity index (χ4v) is 2.34. The van der Waals surface area contributed by atoms with E-state index < -0.39 is 0 Å². The Morgan fingerprint density at radius 3 is 2.93 bits per heavy atom. The van der Waals surface area contributed by atoms with Gasteiger partial charge in [-0.25, -0.2) is 4.39 Å². The lowest BCUT2D eigenvalue weighted by molar-refractivity contribution is 0.195. The van der Waals surface area contributed by atoms with Gasteiger partial charge in [-0.15, -0.1) is 0 Å². The average molecular weight is 209 g/mol. The molecule has 0 radical (unpaired) electrons. The van der Waals surface area contributed by atoms with E-state index in [0.29, 0.717) is 18.2 Å². The largest absolute Gasteiger partial charge is 0.487 e. The van der Waals surface area contributed by atoms with Gasteiger partial charge in [-0.2, -0.15) is 0 Å². The summed E-state index contributed by atoms with van der Waals surface area (Å²) in [7, 11) is 0. The topological polar surface area (TPSA) is 35.2 Å². The van der Waals surface area contributed by atoms with Crippen LogP contribution < -0.4 is 10.5 Å². The Balaban J connectivity index is 2.41. The highest BCUT2D eigenvalue weighted by Gasteiger charge is 2.36. The number of ether oxygens (including phenoxy) is 1. The molecule has 15 heavy (non-hydrogen) atoms. The first-order chi connectivity index (χ1) is 7.15. The number of nitrogens with two attached hydrogens (primary N) is 1. The Bertz CT molecular complexity index is 367. The maximum atomic E-state index is 13.4. The van der Waals surface area contributed by atoms with E-state index in [-0.39, 0.29) is 17.8 Å². The standard InChI is InChI=1S/C12H16FNO/c1-7(6-14)11-8(2)15-12-9(11)4-3-5-10(12)13/h3-5,7-8,11H,6,14H2,1-2H3. The molecule has 0 aromatic heterocycles. The first-order valence-electron chi connectivity index (χ1n) is 5.30. The third kappa shape index (κ3) is 1.61. The van der Waals surface area contributed by atoms with Crippen molar-refractivity contribution in [3.63, 3.8) is 0 Å². The molecule has 2 N–H and O–H groups in total. The highest BCUT2D eigenvalue weighted by molar-refractivity contribution is 5.42. The third-order valence-electron chi connectivity index (χ3n) is 3.15. The first kappa shape index (κ1) is 10.4. The smallest absolute Gasteiger partial charge is 0.165 e. The molecule has 2 nitrogen and oxygen atoms in total. The fraction of sp³-hybridized carbons (Fsp3) is 0.500. The molecule has 1 aromatic carbocycles. The highest BCUT2D eigenvalue weighted by Crippen LogP contribution is 2.43. The van der Waals surface area contributed by atoms with E-state index in [1.165, 1.54) is 6.07 Å². The summed E-state index contributed by atoms with van der Waals surface area (Å²) in [6.45, 7) is 4.63. The lowest BCUT2D eigenvalue weighted by atomic mass is 9.85. The van der Waals surface area contributed by atoms with Crippen molar-refractivity contribution in [1.82, 2.24) is 0 Å². The van der Waals surface area contributed by atoms with Gasteiger partial charge in [0.2, 0.25) is 0 Å². The van der Waals surface area contributed by atoms with E-state index in [0.717, 1.165) is 5.56 Å². The van der Waals surface area contributed by atoms with Crippen molar-refractivity contribution in [3.8, 4) is 5.75 Å². The van der Waals surface area contributed by atoms with Crippen molar-refractivity contribution >= 4 is 0 Å². The average Bonchev–Trinajstić information content (AvgIpc) is 2.55. The number of fused-ring (bicyclic) bond motifs is 1. The van der Waals surface area contributed by atoms with E-state index in [1.807, 2.05) is 13.0 Å². The van der Waals surface area contributed by atoms with E-state index in [2.05, 4.69) is 6.92 Å². The van der Waals surface area contributed by atoms with Gasteiger partial charge in [-0.05, 0) is 25.5 Å². The molecule has 1 aromatic rings. The molecule has 3 heteroatoms. The lowest BCUT2D eigenvalue weighted by Gasteiger charge is -2.20. The summed E-state index contributed by atoms with van der Waals surface area (Å²) in [5, 5.41) is 0. The van der Waals surface area contributed by atoms with Crippen molar-refractivity contribution in [2.75, 3.05) is 6.54 Å². The Morgan fingerprint density at radius 1 is 1.53 bits per heavy atom. The Kier molecular flexibility index (Phi) is 2.65. The summed E-state index contributed by atoms with van der Waals surface area (Å²) in [5.41, 5.74) is 6.62. The molecule has 0 bridgehead atoms. The van der Waals surface area contributed by atoms with Gasteiger partial charge in [0.1, 0.15) is 6.10 Å². The summed E-state index contributed by atoms with van der Waals surface area (Å²) in [6.07, 6.45) is 0.00968. The molecule has 1 aliphatic heterocycles. The summed E-state index contributed by atoms with van der Waals surface area (Å²) in [5.74, 6) is 0.658. The second-order valence-electron chi connectivity index (χ2n) is 4.22. The van der Waals surface area contributed by atoms with Crippen molar-refractivity contribution in [2.45, 2.75) is 25.9 Å². The summed E-state index contributed by atoms with van der Waals surface area (Å²) in [4.78, 5) is 0. The third-order valence-corrected chi connectivity index (χ3v) is 3.15.